The third kappa shape index (κ3) is 4.79. The van der Waals surface area contributed by atoms with Gasteiger partial charge in [-0.15, -0.1) is 34.4 Å². The van der Waals surface area contributed by atoms with Crippen LogP contribution in [0.15, 0.2) is 22.9 Å². The van der Waals surface area contributed by atoms with Crippen LogP contribution < -0.4 is 5.32 Å². The SMILES string of the molecule is O=C(CSCC(=O)N1CCOCC1)Nc1nc(-c2cccs2)cs1. The summed E-state index contributed by atoms with van der Waals surface area (Å²) in [6.45, 7) is 2.45. The number of thiophene rings is 1. The van der Waals surface area contributed by atoms with Gasteiger partial charge in [0, 0.05) is 18.5 Å². The Kier molecular flexibility index (Phi) is 6.24. The lowest BCUT2D eigenvalue weighted by Crippen LogP contribution is -2.41. The maximum Gasteiger partial charge on any atom is 0.236 e. The summed E-state index contributed by atoms with van der Waals surface area (Å²) in [6, 6.07) is 3.97. The van der Waals surface area contributed by atoms with E-state index in [9.17, 15) is 9.59 Å². The molecule has 3 heterocycles. The molecule has 128 valence electrons. The monoisotopic (exact) mass is 383 g/mol. The van der Waals surface area contributed by atoms with E-state index in [2.05, 4.69) is 10.3 Å². The number of anilines is 1. The number of morpholine rings is 1. The molecule has 0 bridgehead atoms. The highest BCUT2D eigenvalue weighted by molar-refractivity contribution is 8.00. The number of nitrogens with one attached hydrogen (secondary N) is 1. The summed E-state index contributed by atoms with van der Waals surface area (Å²) in [5.41, 5.74) is 0.875. The molecular weight excluding hydrogens is 366 g/mol. The predicted molar refractivity (Wildman–Crippen MR) is 98.8 cm³/mol. The van der Waals surface area contributed by atoms with E-state index >= 15 is 0 Å². The molecule has 0 unspecified atom stereocenters. The Morgan fingerprint density at radius 3 is 2.88 bits per heavy atom. The molecule has 1 aliphatic heterocycles. The van der Waals surface area contributed by atoms with Crippen LogP contribution in [0.3, 0.4) is 0 Å². The van der Waals surface area contributed by atoms with E-state index < -0.39 is 0 Å². The minimum atomic E-state index is -0.137. The number of carbonyl (C=O) groups is 2. The number of nitrogens with zero attached hydrogens (tertiary/aromatic N) is 2. The maximum absolute atomic E-state index is 12.0. The van der Waals surface area contributed by atoms with Crippen molar-refractivity contribution in [3.63, 3.8) is 0 Å². The van der Waals surface area contributed by atoms with Crippen molar-refractivity contribution in [2.75, 3.05) is 43.1 Å². The lowest BCUT2D eigenvalue weighted by atomic mass is 10.4. The Morgan fingerprint density at radius 1 is 1.29 bits per heavy atom. The molecule has 2 aromatic heterocycles. The van der Waals surface area contributed by atoms with Crippen molar-refractivity contribution in [1.29, 1.82) is 0 Å². The van der Waals surface area contributed by atoms with Crippen molar-refractivity contribution in [1.82, 2.24) is 9.88 Å². The molecule has 24 heavy (non-hydrogen) atoms. The van der Waals surface area contributed by atoms with Crippen LogP contribution in [-0.4, -0.2) is 59.5 Å². The largest absolute Gasteiger partial charge is 0.378 e. The highest BCUT2D eigenvalue weighted by Gasteiger charge is 2.17. The number of thioether (sulfide) groups is 1. The zero-order chi connectivity index (χ0) is 16.8. The van der Waals surface area contributed by atoms with Gasteiger partial charge in [0.05, 0.1) is 35.3 Å². The van der Waals surface area contributed by atoms with Gasteiger partial charge in [0.25, 0.3) is 0 Å². The second kappa shape index (κ2) is 8.61. The Hall–Kier alpha value is -1.42. The molecule has 2 aromatic rings. The van der Waals surface area contributed by atoms with Crippen LogP contribution in [0.5, 0.6) is 0 Å². The van der Waals surface area contributed by atoms with Crippen LogP contribution in [-0.2, 0) is 14.3 Å². The first-order valence-electron chi connectivity index (χ1n) is 7.45. The van der Waals surface area contributed by atoms with Crippen LogP contribution in [0.1, 0.15) is 0 Å². The van der Waals surface area contributed by atoms with Crippen molar-refractivity contribution in [3.8, 4) is 10.6 Å². The third-order valence-electron chi connectivity index (χ3n) is 3.35. The molecule has 1 aliphatic rings. The normalized spacial score (nSPS) is 14.6. The molecule has 9 heteroatoms. The molecule has 0 aliphatic carbocycles. The van der Waals surface area contributed by atoms with Crippen molar-refractivity contribution < 1.29 is 14.3 Å². The highest BCUT2D eigenvalue weighted by atomic mass is 32.2. The van der Waals surface area contributed by atoms with Gasteiger partial charge in [0.2, 0.25) is 11.8 Å². The van der Waals surface area contributed by atoms with Crippen LogP contribution in [0.2, 0.25) is 0 Å². The second-order valence-electron chi connectivity index (χ2n) is 5.05. The first kappa shape index (κ1) is 17.4. The van der Waals surface area contributed by atoms with Crippen LogP contribution in [0.25, 0.3) is 10.6 Å². The fraction of sp³-hybridized carbons (Fsp3) is 0.400. The van der Waals surface area contributed by atoms with E-state index in [1.54, 1.807) is 16.2 Å². The minimum absolute atomic E-state index is 0.0605. The molecule has 0 spiro atoms. The van der Waals surface area contributed by atoms with Crippen LogP contribution in [0.4, 0.5) is 5.13 Å². The number of thiazole rings is 1. The van der Waals surface area contributed by atoms with E-state index in [0.29, 0.717) is 37.2 Å². The Bertz CT molecular complexity index is 681. The zero-order valence-electron chi connectivity index (χ0n) is 12.9. The Morgan fingerprint density at radius 2 is 2.12 bits per heavy atom. The number of carbonyl (C=O) groups excluding carboxylic acids is 2. The van der Waals surface area contributed by atoms with Gasteiger partial charge in [-0.25, -0.2) is 4.98 Å². The summed E-state index contributed by atoms with van der Waals surface area (Å²) in [5, 5.41) is 7.29. The quantitative estimate of drug-likeness (QED) is 0.829. The molecule has 3 rings (SSSR count). The smallest absolute Gasteiger partial charge is 0.236 e. The summed E-state index contributed by atoms with van der Waals surface area (Å²) >= 11 is 4.34. The summed E-state index contributed by atoms with van der Waals surface area (Å²) in [6.07, 6.45) is 0. The molecular formula is C15H17N3O3S3. The molecule has 0 saturated carbocycles. The van der Waals surface area contributed by atoms with Gasteiger partial charge < -0.3 is 15.0 Å². The predicted octanol–water partition coefficient (Wildman–Crippen LogP) is 2.40. The van der Waals surface area contributed by atoms with E-state index in [0.717, 1.165) is 10.6 Å². The first-order chi connectivity index (χ1) is 11.7. The van der Waals surface area contributed by atoms with Crippen molar-refractivity contribution in [3.05, 3.63) is 22.9 Å². The number of hydrogen-bond acceptors (Lipinski definition) is 7. The number of hydrogen-bond donors (Lipinski definition) is 1. The van der Waals surface area contributed by atoms with Crippen molar-refractivity contribution >= 4 is 51.4 Å². The minimum Gasteiger partial charge on any atom is -0.378 e. The van der Waals surface area contributed by atoms with Gasteiger partial charge in [-0.3, -0.25) is 9.59 Å². The number of amides is 2. The zero-order valence-corrected chi connectivity index (χ0v) is 15.3. The third-order valence-corrected chi connectivity index (χ3v) is 5.91. The average Bonchev–Trinajstić information content (AvgIpc) is 3.27. The molecule has 1 saturated heterocycles. The molecule has 1 fully saturated rings. The average molecular weight is 384 g/mol. The highest BCUT2D eigenvalue weighted by Crippen LogP contribution is 2.28. The van der Waals surface area contributed by atoms with Crippen LogP contribution >= 0.6 is 34.4 Å². The first-order valence-corrected chi connectivity index (χ1v) is 10.4. The molecule has 0 atom stereocenters. The second-order valence-corrected chi connectivity index (χ2v) is 7.84. The van der Waals surface area contributed by atoms with Gasteiger partial charge in [-0.05, 0) is 11.4 Å². The standard InChI is InChI=1S/C15H17N3O3S3/c19-13(9-22-10-14(20)18-3-5-21-6-4-18)17-15-16-11(8-24-15)12-2-1-7-23-12/h1-2,7-8H,3-6,9-10H2,(H,16,17,19). The number of aromatic nitrogens is 1. The lowest BCUT2D eigenvalue weighted by molar-refractivity contribution is -0.132. The van der Waals surface area contributed by atoms with Crippen molar-refractivity contribution in [2.45, 2.75) is 0 Å². The molecule has 0 aromatic carbocycles. The fourth-order valence-corrected chi connectivity index (χ4v) is 4.36. The molecule has 1 N–H and O–H groups in total. The number of rotatable bonds is 6. The topological polar surface area (TPSA) is 71.5 Å². The fourth-order valence-electron chi connectivity index (χ4n) is 2.16. The van der Waals surface area contributed by atoms with E-state index in [4.69, 9.17) is 4.74 Å². The summed E-state index contributed by atoms with van der Waals surface area (Å²) < 4.78 is 5.22. The van der Waals surface area contributed by atoms with Gasteiger partial charge in [-0.2, -0.15) is 0 Å². The molecule has 0 radical (unpaired) electrons. The lowest BCUT2D eigenvalue weighted by Gasteiger charge is -2.26. The van der Waals surface area contributed by atoms with Gasteiger partial charge in [-0.1, -0.05) is 6.07 Å². The maximum atomic E-state index is 12.0. The molecule has 6 nitrogen and oxygen atoms in total. The van der Waals surface area contributed by atoms with Gasteiger partial charge in [0.15, 0.2) is 5.13 Å². The van der Waals surface area contributed by atoms with Crippen LogP contribution in [0, 0.1) is 0 Å². The number of ether oxygens (including phenoxy) is 1. The van der Waals surface area contributed by atoms with Crippen molar-refractivity contribution in [2.24, 2.45) is 0 Å². The Labute approximate surface area is 152 Å². The van der Waals surface area contributed by atoms with Gasteiger partial charge in [0.1, 0.15) is 0 Å². The summed E-state index contributed by atoms with van der Waals surface area (Å²) in [5.74, 6) is 0.475. The molecule has 2 amide bonds. The summed E-state index contributed by atoms with van der Waals surface area (Å²) in [7, 11) is 0. The van der Waals surface area contributed by atoms with Gasteiger partial charge >= 0.3 is 0 Å². The van der Waals surface area contributed by atoms with E-state index in [1.165, 1.54) is 23.1 Å². The Balaban J connectivity index is 1.40. The van der Waals surface area contributed by atoms with E-state index in [1.807, 2.05) is 22.9 Å². The summed E-state index contributed by atoms with van der Waals surface area (Å²) in [4.78, 5) is 31.2. The van der Waals surface area contributed by atoms with E-state index in [-0.39, 0.29) is 17.6 Å².